The highest BCUT2D eigenvalue weighted by Gasteiger charge is 2.24. The number of aliphatic imine (C=N–C) groups is 1. The van der Waals surface area contributed by atoms with Crippen LogP contribution in [0.2, 0.25) is 0 Å². The second-order valence-corrected chi connectivity index (χ2v) is 4.26. The van der Waals surface area contributed by atoms with E-state index < -0.39 is 5.41 Å². The fraction of sp³-hybridized carbons (Fsp3) is 0.600. The minimum Gasteiger partial charge on any atom is -0.370 e. The van der Waals surface area contributed by atoms with Crippen molar-refractivity contribution in [2.75, 3.05) is 13.1 Å². The molecule has 0 spiro atoms. The van der Waals surface area contributed by atoms with Crippen molar-refractivity contribution in [2.45, 2.75) is 20.8 Å². The molecule has 0 saturated heterocycles. The Kier molecular flexibility index (Phi) is 4.84. The lowest BCUT2D eigenvalue weighted by Gasteiger charge is -2.17. The summed E-state index contributed by atoms with van der Waals surface area (Å²) in [6, 6.07) is 0. The van der Waals surface area contributed by atoms with E-state index in [1.807, 2.05) is 6.92 Å². The quantitative estimate of drug-likeness (QED) is 0.339. The average Bonchev–Trinajstić information content (AvgIpc) is 2.11. The molecule has 15 heavy (non-hydrogen) atoms. The Balaban J connectivity index is 4.16. The molecular weight excluding hydrogens is 192 g/mol. The summed E-state index contributed by atoms with van der Waals surface area (Å²) >= 11 is 0. The predicted molar refractivity (Wildman–Crippen MR) is 62.3 cm³/mol. The molecule has 0 aliphatic rings. The highest BCUT2D eigenvalue weighted by molar-refractivity contribution is 5.82. The van der Waals surface area contributed by atoms with Gasteiger partial charge in [0.15, 0.2) is 5.96 Å². The number of nitrogens with one attached hydrogen (secondary N) is 1. The van der Waals surface area contributed by atoms with Crippen LogP contribution in [-0.2, 0) is 4.79 Å². The van der Waals surface area contributed by atoms with E-state index in [1.54, 1.807) is 13.8 Å². The van der Waals surface area contributed by atoms with Gasteiger partial charge in [0.05, 0.1) is 12.0 Å². The molecule has 0 aromatic carbocycles. The van der Waals surface area contributed by atoms with Gasteiger partial charge in [0, 0.05) is 6.54 Å². The fourth-order valence-electron chi connectivity index (χ4n) is 0.658. The summed E-state index contributed by atoms with van der Waals surface area (Å²) in [7, 11) is 0. The minimum absolute atomic E-state index is 0.275. The van der Waals surface area contributed by atoms with Crippen molar-refractivity contribution in [3.8, 4) is 0 Å². The normalized spacial score (nSPS) is 12.3. The molecule has 5 N–H and O–H groups in total. The monoisotopic (exact) mass is 212 g/mol. The lowest BCUT2D eigenvalue weighted by Crippen LogP contribution is -2.37. The summed E-state index contributed by atoms with van der Waals surface area (Å²) in [6.45, 7) is 9.90. The first-order chi connectivity index (χ1) is 6.75. The number of carbonyl (C=O) groups excluding carboxylic acids is 1. The first-order valence-electron chi connectivity index (χ1n) is 4.74. The molecule has 0 unspecified atom stereocenters. The van der Waals surface area contributed by atoms with Gasteiger partial charge in [-0.15, -0.1) is 0 Å². The van der Waals surface area contributed by atoms with Crippen molar-refractivity contribution in [3.63, 3.8) is 0 Å². The van der Waals surface area contributed by atoms with Crippen LogP contribution in [0.1, 0.15) is 20.8 Å². The third kappa shape index (κ3) is 5.72. The SMILES string of the molecule is C=C(C)CNC(N)=NCC(C)(C)C(N)=O. The molecule has 5 heteroatoms. The van der Waals surface area contributed by atoms with Crippen molar-refractivity contribution < 1.29 is 4.79 Å². The van der Waals surface area contributed by atoms with Gasteiger partial charge >= 0.3 is 0 Å². The summed E-state index contributed by atoms with van der Waals surface area (Å²) in [4.78, 5) is 15.0. The van der Waals surface area contributed by atoms with Crippen LogP contribution in [0, 0.1) is 5.41 Å². The van der Waals surface area contributed by atoms with Crippen LogP contribution in [0.25, 0.3) is 0 Å². The third-order valence-corrected chi connectivity index (χ3v) is 1.88. The first kappa shape index (κ1) is 13.5. The molecule has 86 valence electrons. The second kappa shape index (κ2) is 5.38. The van der Waals surface area contributed by atoms with Gasteiger partial charge in [-0.3, -0.25) is 9.79 Å². The summed E-state index contributed by atoms with van der Waals surface area (Å²) in [5.41, 5.74) is 11.1. The molecule has 0 radical (unpaired) electrons. The van der Waals surface area contributed by atoms with Crippen LogP contribution in [0.5, 0.6) is 0 Å². The molecule has 0 bridgehead atoms. The molecule has 1 amide bonds. The fourth-order valence-corrected chi connectivity index (χ4v) is 0.658. The topological polar surface area (TPSA) is 93.5 Å². The molecule has 0 saturated carbocycles. The van der Waals surface area contributed by atoms with E-state index in [9.17, 15) is 4.79 Å². The minimum atomic E-state index is -0.671. The van der Waals surface area contributed by atoms with Crippen LogP contribution < -0.4 is 16.8 Å². The smallest absolute Gasteiger partial charge is 0.224 e. The van der Waals surface area contributed by atoms with Crippen LogP contribution in [-0.4, -0.2) is 25.0 Å². The van der Waals surface area contributed by atoms with Gasteiger partial charge in [0.2, 0.25) is 5.91 Å². The highest BCUT2D eigenvalue weighted by atomic mass is 16.1. The standard InChI is InChI=1S/C10H20N4O/c1-7(2)5-13-9(12)14-6-10(3,4)8(11)15/h1,5-6H2,2-4H3,(H2,11,15)(H3,12,13,14). The van der Waals surface area contributed by atoms with E-state index >= 15 is 0 Å². The van der Waals surface area contributed by atoms with Crippen LogP contribution in [0.3, 0.4) is 0 Å². The van der Waals surface area contributed by atoms with E-state index in [0.717, 1.165) is 5.57 Å². The molecule has 0 atom stereocenters. The van der Waals surface area contributed by atoms with E-state index in [0.29, 0.717) is 12.5 Å². The Morgan fingerprint density at radius 2 is 2.00 bits per heavy atom. The molecule has 0 aromatic heterocycles. The summed E-state index contributed by atoms with van der Waals surface area (Å²) in [5.74, 6) is -0.0914. The molecular formula is C10H20N4O. The number of primary amides is 1. The van der Waals surface area contributed by atoms with E-state index in [-0.39, 0.29) is 12.5 Å². The Hall–Kier alpha value is -1.52. The summed E-state index contributed by atoms with van der Waals surface area (Å²) in [5, 5.41) is 2.87. The van der Waals surface area contributed by atoms with Crippen LogP contribution in [0.4, 0.5) is 0 Å². The molecule has 0 aliphatic heterocycles. The third-order valence-electron chi connectivity index (χ3n) is 1.88. The van der Waals surface area contributed by atoms with Gasteiger partial charge in [0.1, 0.15) is 0 Å². The number of rotatable bonds is 5. The van der Waals surface area contributed by atoms with E-state index in [1.165, 1.54) is 0 Å². The van der Waals surface area contributed by atoms with Crippen molar-refractivity contribution in [1.29, 1.82) is 0 Å². The number of amides is 1. The van der Waals surface area contributed by atoms with Crippen molar-refractivity contribution >= 4 is 11.9 Å². The highest BCUT2D eigenvalue weighted by Crippen LogP contribution is 2.13. The molecule has 5 nitrogen and oxygen atoms in total. The lowest BCUT2D eigenvalue weighted by molar-refractivity contribution is -0.125. The van der Waals surface area contributed by atoms with Gasteiger partial charge in [0.25, 0.3) is 0 Å². The number of hydrogen-bond donors (Lipinski definition) is 3. The molecule has 0 fully saturated rings. The zero-order valence-corrected chi connectivity index (χ0v) is 9.63. The van der Waals surface area contributed by atoms with Crippen molar-refractivity contribution in [1.82, 2.24) is 5.32 Å². The predicted octanol–water partition coefficient (Wildman–Crippen LogP) is -0.0217. The number of nitrogens with zero attached hydrogens (tertiary/aromatic N) is 1. The summed E-state index contributed by atoms with van der Waals surface area (Å²) in [6.07, 6.45) is 0. The van der Waals surface area contributed by atoms with Gasteiger partial charge in [-0.1, -0.05) is 12.2 Å². The number of hydrogen-bond acceptors (Lipinski definition) is 2. The van der Waals surface area contributed by atoms with E-state index in [4.69, 9.17) is 11.5 Å². The van der Waals surface area contributed by atoms with Crippen molar-refractivity contribution in [2.24, 2.45) is 21.9 Å². The average molecular weight is 212 g/mol. The number of carbonyl (C=O) groups is 1. The Labute approximate surface area is 90.6 Å². The lowest BCUT2D eigenvalue weighted by atomic mass is 9.93. The summed E-state index contributed by atoms with van der Waals surface area (Å²) < 4.78 is 0. The maximum atomic E-state index is 11.0. The molecule has 0 heterocycles. The van der Waals surface area contributed by atoms with Gasteiger partial charge in [-0.25, -0.2) is 0 Å². The largest absolute Gasteiger partial charge is 0.370 e. The number of guanidine groups is 1. The number of nitrogens with two attached hydrogens (primary N) is 2. The zero-order valence-electron chi connectivity index (χ0n) is 9.63. The van der Waals surface area contributed by atoms with Crippen molar-refractivity contribution in [3.05, 3.63) is 12.2 Å². The second-order valence-electron chi connectivity index (χ2n) is 4.26. The van der Waals surface area contributed by atoms with Gasteiger partial charge in [-0.05, 0) is 20.8 Å². The van der Waals surface area contributed by atoms with Gasteiger partial charge < -0.3 is 16.8 Å². The van der Waals surface area contributed by atoms with Gasteiger partial charge in [-0.2, -0.15) is 0 Å². The van der Waals surface area contributed by atoms with Crippen LogP contribution >= 0.6 is 0 Å². The molecule has 0 aromatic rings. The first-order valence-corrected chi connectivity index (χ1v) is 4.74. The van der Waals surface area contributed by atoms with E-state index in [2.05, 4.69) is 16.9 Å². The Bertz CT molecular complexity index is 281. The Morgan fingerprint density at radius 3 is 2.40 bits per heavy atom. The Morgan fingerprint density at radius 1 is 1.47 bits per heavy atom. The molecule has 0 aliphatic carbocycles. The zero-order chi connectivity index (χ0) is 12.1. The molecule has 0 rings (SSSR count). The maximum Gasteiger partial charge on any atom is 0.224 e. The van der Waals surface area contributed by atoms with Crippen LogP contribution in [0.15, 0.2) is 17.1 Å². The maximum absolute atomic E-state index is 11.0.